The molecule has 0 aliphatic rings. The Morgan fingerprint density at radius 1 is 0.550 bits per heavy atom. The molecule has 0 amide bonds. The molecule has 0 aliphatic carbocycles. The highest BCUT2D eigenvalue weighted by Crippen LogP contribution is 2.31. The summed E-state index contributed by atoms with van der Waals surface area (Å²) in [6, 6.07) is 27.7. The largest absolute Gasteiger partial charge is 0.175 e. The zero-order valence-electron chi connectivity index (χ0n) is 11.2. The summed E-state index contributed by atoms with van der Waals surface area (Å²) in [6.07, 6.45) is 0. The summed E-state index contributed by atoms with van der Waals surface area (Å²) in [6.45, 7) is 0. The fourth-order valence-electron chi connectivity index (χ4n) is 2.39. The molecule has 20 heavy (non-hydrogen) atoms. The quantitative estimate of drug-likeness (QED) is 0.604. The van der Waals surface area contributed by atoms with Gasteiger partial charge in [-0.3, -0.25) is 0 Å². The number of benzene rings is 3. The average Bonchev–Trinajstić information content (AvgIpc) is 2.56. The van der Waals surface area contributed by atoms with Crippen molar-refractivity contribution in [3.05, 3.63) is 84.4 Å². The number of hydrogen-bond acceptors (Lipinski definition) is 1. The van der Waals surface area contributed by atoms with Crippen LogP contribution in [0.2, 0.25) is 0 Å². The SMILES string of the molecule is SCc1ccc(-c2ccccc2-c2ccccc2)cc1. The molecule has 0 unspecified atom stereocenters. The summed E-state index contributed by atoms with van der Waals surface area (Å²) in [5.74, 6) is 0.778. The van der Waals surface area contributed by atoms with Crippen LogP contribution in [-0.4, -0.2) is 0 Å². The van der Waals surface area contributed by atoms with Gasteiger partial charge in [0.1, 0.15) is 0 Å². The van der Waals surface area contributed by atoms with E-state index in [1.807, 2.05) is 6.07 Å². The molecule has 0 N–H and O–H groups in total. The molecule has 1 heteroatoms. The molecule has 0 saturated heterocycles. The van der Waals surface area contributed by atoms with E-state index in [1.165, 1.54) is 27.8 Å². The van der Waals surface area contributed by atoms with E-state index in [0.29, 0.717) is 0 Å². The standard InChI is InChI=1S/C19H16S/c20-14-15-10-12-17(13-11-15)19-9-5-4-8-18(19)16-6-2-1-3-7-16/h1-13,20H,14H2. The Bertz CT molecular complexity index is 684. The van der Waals surface area contributed by atoms with Crippen LogP contribution in [0.4, 0.5) is 0 Å². The molecule has 0 aliphatic heterocycles. The summed E-state index contributed by atoms with van der Waals surface area (Å²) < 4.78 is 0. The molecule has 3 aromatic carbocycles. The van der Waals surface area contributed by atoms with Crippen molar-refractivity contribution in [3.63, 3.8) is 0 Å². The van der Waals surface area contributed by atoms with Crippen LogP contribution in [-0.2, 0) is 5.75 Å². The summed E-state index contributed by atoms with van der Waals surface area (Å²) >= 11 is 4.31. The first-order valence-electron chi connectivity index (χ1n) is 6.73. The fourth-order valence-corrected chi connectivity index (χ4v) is 2.60. The highest BCUT2D eigenvalue weighted by Gasteiger charge is 2.06. The van der Waals surface area contributed by atoms with Gasteiger partial charge < -0.3 is 0 Å². The second-order valence-corrected chi connectivity index (χ2v) is 5.08. The second kappa shape index (κ2) is 5.98. The highest BCUT2D eigenvalue weighted by atomic mass is 32.1. The molecule has 98 valence electrons. The molecule has 0 bridgehead atoms. The lowest BCUT2D eigenvalue weighted by Gasteiger charge is -2.10. The maximum Gasteiger partial charge on any atom is 0.0154 e. The van der Waals surface area contributed by atoms with Crippen molar-refractivity contribution in [1.29, 1.82) is 0 Å². The monoisotopic (exact) mass is 276 g/mol. The van der Waals surface area contributed by atoms with Crippen molar-refractivity contribution < 1.29 is 0 Å². The summed E-state index contributed by atoms with van der Waals surface area (Å²) in [4.78, 5) is 0. The third kappa shape index (κ3) is 2.63. The zero-order valence-corrected chi connectivity index (χ0v) is 12.1. The van der Waals surface area contributed by atoms with Gasteiger partial charge in [0.25, 0.3) is 0 Å². The van der Waals surface area contributed by atoms with E-state index >= 15 is 0 Å². The predicted octanol–water partition coefficient (Wildman–Crippen LogP) is 5.45. The van der Waals surface area contributed by atoms with Gasteiger partial charge in [-0.05, 0) is 27.8 Å². The molecule has 0 atom stereocenters. The lowest BCUT2D eigenvalue weighted by molar-refractivity contribution is 1.42. The zero-order chi connectivity index (χ0) is 13.8. The smallest absolute Gasteiger partial charge is 0.0154 e. The van der Waals surface area contributed by atoms with Gasteiger partial charge in [0.15, 0.2) is 0 Å². The first kappa shape index (κ1) is 13.0. The van der Waals surface area contributed by atoms with Crippen LogP contribution >= 0.6 is 12.6 Å². The first-order chi connectivity index (χ1) is 9.88. The van der Waals surface area contributed by atoms with Gasteiger partial charge in [0.2, 0.25) is 0 Å². The topological polar surface area (TPSA) is 0 Å². The van der Waals surface area contributed by atoms with Crippen LogP contribution < -0.4 is 0 Å². The van der Waals surface area contributed by atoms with Crippen molar-refractivity contribution >= 4 is 12.6 Å². The number of rotatable bonds is 3. The summed E-state index contributed by atoms with van der Waals surface area (Å²) in [7, 11) is 0. The fraction of sp³-hybridized carbons (Fsp3) is 0.0526. The van der Waals surface area contributed by atoms with Crippen LogP contribution in [0.15, 0.2) is 78.9 Å². The van der Waals surface area contributed by atoms with Crippen molar-refractivity contribution in [2.75, 3.05) is 0 Å². The summed E-state index contributed by atoms with van der Waals surface area (Å²) in [5.41, 5.74) is 6.28. The predicted molar refractivity (Wildman–Crippen MR) is 90.0 cm³/mol. The molecular formula is C19H16S. The van der Waals surface area contributed by atoms with Crippen LogP contribution in [0.5, 0.6) is 0 Å². The Labute approximate surface area is 125 Å². The van der Waals surface area contributed by atoms with E-state index in [-0.39, 0.29) is 0 Å². The van der Waals surface area contributed by atoms with Crippen molar-refractivity contribution in [2.24, 2.45) is 0 Å². The van der Waals surface area contributed by atoms with Crippen LogP contribution in [0.1, 0.15) is 5.56 Å². The molecule has 0 spiro atoms. The van der Waals surface area contributed by atoms with E-state index < -0.39 is 0 Å². The van der Waals surface area contributed by atoms with E-state index in [9.17, 15) is 0 Å². The van der Waals surface area contributed by atoms with Crippen molar-refractivity contribution in [1.82, 2.24) is 0 Å². The molecule has 0 heterocycles. The summed E-state index contributed by atoms with van der Waals surface area (Å²) in [5, 5.41) is 0. The third-order valence-electron chi connectivity index (χ3n) is 3.46. The number of thiol groups is 1. The van der Waals surface area contributed by atoms with Gasteiger partial charge in [-0.1, -0.05) is 78.9 Å². The van der Waals surface area contributed by atoms with Gasteiger partial charge in [0, 0.05) is 5.75 Å². The Kier molecular flexibility index (Phi) is 3.89. The van der Waals surface area contributed by atoms with Crippen molar-refractivity contribution in [2.45, 2.75) is 5.75 Å². The molecular weight excluding hydrogens is 260 g/mol. The van der Waals surface area contributed by atoms with Crippen LogP contribution in [0, 0.1) is 0 Å². The van der Waals surface area contributed by atoms with E-state index in [0.717, 1.165) is 5.75 Å². The molecule has 0 saturated carbocycles. The maximum absolute atomic E-state index is 4.31. The van der Waals surface area contributed by atoms with Crippen molar-refractivity contribution in [3.8, 4) is 22.3 Å². The molecule has 3 aromatic rings. The Morgan fingerprint density at radius 2 is 1.05 bits per heavy atom. The first-order valence-corrected chi connectivity index (χ1v) is 7.36. The molecule has 0 nitrogen and oxygen atoms in total. The van der Waals surface area contributed by atoms with E-state index in [1.54, 1.807) is 0 Å². The second-order valence-electron chi connectivity index (χ2n) is 4.77. The van der Waals surface area contributed by atoms with Gasteiger partial charge in [-0.2, -0.15) is 12.6 Å². The Balaban J connectivity index is 2.10. The minimum atomic E-state index is 0.778. The van der Waals surface area contributed by atoms with Gasteiger partial charge in [-0.15, -0.1) is 0 Å². The molecule has 3 rings (SSSR count). The lowest BCUT2D eigenvalue weighted by Crippen LogP contribution is -1.85. The average molecular weight is 276 g/mol. The van der Waals surface area contributed by atoms with E-state index in [2.05, 4.69) is 85.4 Å². The normalized spacial score (nSPS) is 10.4. The maximum atomic E-state index is 4.31. The minimum Gasteiger partial charge on any atom is -0.175 e. The Hall–Kier alpha value is -1.99. The Morgan fingerprint density at radius 3 is 1.60 bits per heavy atom. The van der Waals surface area contributed by atoms with Crippen LogP contribution in [0.25, 0.3) is 22.3 Å². The van der Waals surface area contributed by atoms with Gasteiger partial charge in [0.05, 0.1) is 0 Å². The molecule has 0 radical (unpaired) electrons. The van der Waals surface area contributed by atoms with E-state index in [4.69, 9.17) is 0 Å². The molecule has 0 fully saturated rings. The number of hydrogen-bond donors (Lipinski definition) is 1. The minimum absolute atomic E-state index is 0.778. The van der Waals surface area contributed by atoms with Crippen LogP contribution in [0.3, 0.4) is 0 Å². The van der Waals surface area contributed by atoms with Gasteiger partial charge >= 0.3 is 0 Å². The lowest BCUT2D eigenvalue weighted by atomic mass is 9.94. The van der Waals surface area contributed by atoms with Gasteiger partial charge in [-0.25, -0.2) is 0 Å². The third-order valence-corrected chi connectivity index (χ3v) is 3.82. The highest BCUT2D eigenvalue weighted by molar-refractivity contribution is 7.79. The molecule has 0 aromatic heterocycles.